The van der Waals surface area contributed by atoms with E-state index in [4.69, 9.17) is 0 Å². The van der Waals surface area contributed by atoms with E-state index in [0.29, 0.717) is 25.3 Å². The highest BCUT2D eigenvalue weighted by Gasteiger charge is 2.28. The van der Waals surface area contributed by atoms with Crippen molar-refractivity contribution in [3.05, 3.63) is 65.7 Å². The number of likely N-dealkylation sites (N-methyl/N-ethyl adjacent to an activating group) is 1. The summed E-state index contributed by atoms with van der Waals surface area (Å²) in [5, 5.41) is 2.86. The molecular weight excluding hydrogens is 356 g/mol. The maximum Gasteiger partial charge on any atom is 0.242 e. The van der Waals surface area contributed by atoms with Crippen LogP contribution in [0.4, 0.5) is 0 Å². The smallest absolute Gasteiger partial charge is 0.242 e. The van der Waals surface area contributed by atoms with Crippen LogP contribution in [-0.4, -0.2) is 35.1 Å². The molecule has 0 saturated carbocycles. The molecule has 27 heavy (non-hydrogen) atoms. The molecule has 1 N–H and O–H groups in total. The first-order valence-corrected chi connectivity index (χ1v) is 10.3. The SMILES string of the molecule is CCNC(=O)[C@@H](CC)N(Cc1ccc(C)cc1)C(=O)CSc1ccccc1. The number of nitrogens with one attached hydrogen (secondary N) is 1. The Hall–Kier alpha value is -2.27. The topological polar surface area (TPSA) is 49.4 Å². The van der Waals surface area contributed by atoms with Crippen LogP contribution in [0, 0.1) is 6.92 Å². The molecule has 2 aromatic rings. The molecule has 144 valence electrons. The second kappa shape index (κ2) is 10.8. The van der Waals surface area contributed by atoms with Crippen molar-refractivity contribution in [1.82, 2.24) is 10.2 Å². The van der Waals surface area contributed by atoms with Crippen LogP contribution in [0.5, 0.6) is 0 Å². The van der Waals surface area contributed by atoms with E-state index in [1.807, 2.05) is 75.4 Å². The third-order valence-electron chi connectivity index (χ3n) is 4.32. The fourth-order valence-corrected chi connectivity index (χ4v) is 3.65. The van der Waals surface area contributed by atoms with Crippen LogP contribution < -0.4 is 5.32 Å². The Morgan fingerprint density at radius 3 is 2.30 bits per heavy atom. The highest BCUT2D eigenvalue weighted by molar-refractivity contribution is 8.00. The van der Waals surface area contributed by atoms with E-state index in [2.05, 4.69) is 5.32 Å². The summed E-state index contributed by atoms with van der Waals surface area (Å²) in [6.45, 7) is 6.86. The highest BCUT2D eigenvalue weighted by Crippen LogP contribution is 2.20. The molecule has 2 rings (SSSR count). The Kier molecular flexibility index (Phi) is 8.40. The molecule has 2 aromatic carbocycles. The van der Waals surface area contributed by atoms with Crippen molar-refractivity contribution < 1.29 is 9.59 Å². The summed E-state index contributed by atoms with van der Waals surface area (Å²) in [4.78, 5) is 28.3. The largest absolute Gasteiger partial charge is 0.355 e. The quantitative estimate of drug-likeness (QED) is 0.664. The van der Waals surface area contributed by atoms with Gasteiger partial charge < -0.3 is 10.2 Å². The van der Waals surface area contributed by atoms with Gasteiger partial charge in [0.25, 0.3) is 0 Å². The number of aryl methyl sites for hydroxylation is 1. The average molecular weight is 385 g/mol. The Balaban J connectivity index is 2.17. The number of thioether (sulfide) groups is 1. The molecular formula is C22H28N2O2S. The van der Waals surface area contributed by atoms with Gasteiger partial charge in [0.05, 0.1) is 5.75 Å². The van der Waals surface area contributed by atoms with Gasteiger partial charge in [0, 0.05) is 18.0 Å². The molecule has 0 spiro atoms. The molecule has 2 amide bonds. The number of carbonyl (C=O) groups is 2. The van der Waals surface area contributed by atoms with E-state index in [0.717, 1.165) is 10.5 Å². The third kappa shape index (κ3) is 6.43. The number of amides is 2. The monoisotopic (exact) mass is 384 g/mol. The molecule has 1 atom stereocenters. The van der Waals surface area contributed by atoms with Gasteiger partial charge in [-0.25, -0.2) is 0 Å². The van der Waals surface area contributed by atoms with Crippen molar-refractivity contribution in [2.45, 2.75) is 44.7 Å². The van der Waals surface area contributed by atoms with Gasteiger partial charge in [0.15, 0.2) is 0 Å². The van der Waals surface area contributed by atoms with Crippen LogP contribution in [0.3, 0.4) is 0 Å². The molecule has 0 bridgehead atoms. The lowest BCUT2D eigenvalue weighted by molar-refractivity contribution is -0.139. The van der Waals surface area contributed by atoms with Gasteiger partial charge in [-0.15, -0.1) is 11.8 Å². The summed E-state index contributed by atoms with van der Waals surface area (Å²) in [7, 11) is 0. The summed E-state index contributed by atoms with van der Waals surface area (Å²) in [5.74, 6) is 0.193. The standard InChI is InChI=1S/C22H28N2O2S/c1-4-20(22(26)23-5-2)24(15-18-13-11-17(3)12-14-18)21(25)16-27-19-9-7-6-8-10-19/h6-14,20H,4-5,15-16H2,1-3H3,(H,23,26)/t20-/m1/s1. The van der Waals surface area contributed by atoms with E-state index >= 15 is 0 Å². The summed E-state index contributed by atoms with van der Waals surface area (Å²) in [6.07, 6.45) is 0.583. The minimum absolute atomic E-state index is 0.0254. The van der Waals surface area contributed by atoms with E-state index in [-0.39, 0.29) is 11.8 Å². The Morgan fingerprint density at radius 1 is 1.04 bits per heavy atom. The van der Waals surface area contributed by atoms with Gasteiger partial charge in [-0.1, -0.05) is 55.0 Å². The highest BCUT2D eigenvalue weighted by atomic mass is 32.2. The Bertz CT molecular complexity index is 732. The Morgan fingerprint density at radius 2 is 1.70 bits per heavy atom. The first-order chi connectivity index (χ1) is 13.0. The van der Waals surface area contributed by atoms with Crippen LogP contribution >= 0.6 is 11.8 Å². The predicted octanol–water partition coefficient (Wildman–Crippen LogP) is 4.03. The van der Waals surface area contributed by atoms with Gasteiger partial charge in [0.2, 0.25) is 11.8 Å². The zero-order chi connectivity index (χ0) is 19.6. The van der Waals surface area contributed by atoms with Gasteiger partial charge in [0.1, 0.15) is 6.04 Å². The molecule has 0 heterocycles. The lowest BCUT2D eigenvalue weighted by Gasteiger charge is -2.30. The lowest BCUT2D eigenvalue weighted by atomic mass is 10.1. The zero-order valence-electron chi connectivity index (χ0n) is 16.3. The van der Waals surface area contributed by atoms with Crippen LogP contribution in [-0.2, 0) is 16.1 Å². The molecule has 0 aliphatic rings. The number of nitrogens with zero attached hydrogens (tertiary/aromatic N) is 1. The van der Waals surface area contributed by atoms with Gasteiger partial charge in [-0.2, -0.15) is 0 Å². The molecule has 0 saturated heterocycles. The molecule has 0 fully saturated rings. The van der Waals surface area contributed by atoms with Crippen molar-refractivity contribution in [2.24, 2.45) is 0 Å². The molecule has 5 heteroatoms. The summed E-state index contributed by atoms with van der Waals surface area (Å²) >= 11 is 1.50. The molecule has 0 aromatic heterocycles. The first-order valence-electron chi connectivity index (χ1n) is 9.35. The Labute approximate surface area is 166 Å². The fourth-order valence-electron chi connectivity index (χ4n) is 2.85. The second-order valence-electron chi connectivity index (χ2n) is 6.43. The van der Waals surface area contributed by atoms with Crippen LogP contribution in [0.1, 0.15) is 31.4 Å². The summed E-state index contributed by atoms with van der Waals surface area (Å²) in [5.41, 5.74) is 2.20. The summed E-state index contributed by atoms with van der Waals surface area (Å²) < 4.78 is 0. The van der Waals surface area contributed by atoms with E-state index < -0.39 is 6.04 Å². The van der Waals surface area contributed by atoms with Crippen LogP contribution in [0.2, 0.25) is 0 Å². The van der Waals surface area contributed by atoms with E-state index in [9.17, 15) is 9.59 Å². The number of rotatable bonds is 9. The molecule has 0 aliphatic carbocycles. The third-order valence-corrected chi connectivity index (χ3v) is 5.31. The minimum atomic E-state index is -0.463. The zero-order valence-corrected chi connectivity index (χ0v) is 17.1. The molecule has 4 nitrogen and oxygen atoms in total. The lowest BCUT2D eigenvalue weighted by Crippen LogP contribution is -2.49. The van der Waals surface area contributed by atoms with Crippen LogP contribution in [0.25, 0.3) is 0 Å². The van der Waals surface area contributed by atoms with Crippen molar-refractivity contribution in [3.8, 4) is 0 Å². The van der Waals surface area contributed by atoms with Crippen molar-refractivity contribution in [3.63, 3.8) is 0 Å². The maximum absolute atomic E-state index is 13.0. The van der Waals surface area contributed by atoms with Crippen LogP contribution in [0.15, 0.2) is 59.5 Å². The fraction of sp³-hybridized carbons (Fsp3) is 0.364. The average Bonchev–Trinajstić information content (AvgIpc) is 2.68. The van der Waals surface area contributed by atoms with E-state index in [1.54, 1.807) is 4.90 Å². The first kappa shape index (κ1) is 21.0. The molecule has 0 unspecified atom stereocenters. The van der Waals surface area contributed by atoms with E-state index in [1.165, 1.54) is 17.3 Å². The number of carbonyl (C=O) groups excluding carboxylic acids is 2. The van der Waals surface area contributed by atoms with Gasteiger partial charge >= 0.3 is 0 Å². The predicted molar refractivity (Wildman–Crippen MR) is 112 cm³/mol. The van der Waals surface area contributed by atoms with Gasteiger partial charge in [-0.3, -0.25) is 9.59 Å². The number of benzene rings is 2. The summed E-state index contributed by atoms with van der Waals surface area (Å²) in [6, 6.07) is 17.5. The minimum Gasteiger partial charge on any atom is -0.355 e. The second-order valence-corrected chi connectivity index (χ2v) is 7.48. The number of hydrogen-bond donors (Lipinski definition) is 1. The molecule has 0 radical (unpaired) electrons. The normalized spacial score (nSPS) is 11.7. The molecule has 0 aliphatic heterocycles. The maximum atomic E-state index is 13.0. The van der Waals surface area contributed by atoms with Gasteiger partial charge in [-0.05, 0) is 38.0 Å². The van der Waals surface area contributed by atoms with Crippen molar-refractivity contribution >= 4 is 23.6 Å². The van der Waals surface area contributed by atoms with Crippen molar-refractivity contribution in [1.29, 1.82) is 0 Å². The number of hydrogen-bond acceptors (Lipinski definition) is 3. The van der Waals surface area contributed by atoms with Crippen molar-refractivity contribution in [2.75, 3.05) is 12.3 Å².